The highest BCUT2D eigenvalue weighted by Crippen LogP contribution is 2.11. The van der Waals surface area contributed by atoms with Crippen molar-refractivity contribution >= 4 is 29.4 Å². The number of halogens is 1. The number of hydrogen-bond donors (Lipinski definition) is 1. The van der Waals surface area contributed by atoms with Gasteiger partial charge in [0.2, 0.25) is 5.91 Å². The molecule has 0 bridgehead atoms. The van der Waals surface area contributed by atoms with Crippen LogP contribution < -0.4 is 5.32 Å². The number of ether oxygens (including phenoxy) is 1. The summed E-state index contributed by atoms with van der Waals surface area (Å²) >= 11 is 0. The number of Topliss-reactive ketones (excluding diaryl/α,β-unsaturated/α-hetero) is 1. The topological polar surface area (TPSA) is 72.5 Å². The maximum Gasteiger partial charge on any atom is 0.331 e. The van der Waals surface area contributed by atoms with Crippen LogP contribution in [0.1, 0.15) is 29.3 Å². The molecule has 6 heteroatoms. The monoisotopic (exact) mass is 355 g/mol. The number of amides is 1. The molecule has 0 saturated heterocycles. The lowest BCUT2D eigenvalue weighted by Gasteiger charge is -2.05. The molecular formula is C20H18FNO4. The third-order valence-electron chi connectivity index (χ3n) is 3.46. The van der Waals surface area contributed by atoms with E-state index in [0.717, 1.165) is 6.08 Å². The van der Waals surface area contributed by atoms with Crippen molar-refractivity contribution in [3.63, 3.8) is 0 Å². The second kappa shape index (κ2) is 9.27. The first-order chi connectivity index (χ1) is 12.5. The van der Waals surface area contributed by atoms with Gasteiger partial charge >= 0.3 is 5.97 Å². The molecule has 2 aromatic rings. The summed E-state index contributed by atoms with van der Waals surface area (Å²) < 4.78 is 18.3. The molecule has 2 rings (SSSR count). The summed E-state index contributed by atoms with van der Waals surface area (Å²) in [5.41, 5.74) is 1.18. The Hall–Kier alpha value is -3.28. The van der Waals surface area contributed by atoms with Crippen molar-refractivity contribution in [3.8, 4) is 0 Å². The average molecular weight is 355 g/mol. The molecule has 0 saturated carbocycles. The Morgan fingerprint density at radius 1 is 1.08 bits per heavy atom. The molecule has 1 amide bonds. The van der Waals surface area contributed by atoms with Crippen molar-refractivity contribution in [1.29, 1.82) is 0 Å². The molecule has 26 heavy (non-hydrogen) atoms. The third-order valence-corrected chi connectivity index (χ3v) is 3.46. The number of carbonyl (C=O) groups excluding carboxylic acids is 3. The lowest BCUT2D eigenvalue weighted by molar-refractivity contribution is -0.136. The van der Waals surface area contributed by atoms with E-state index in [9.17, 15) is 18.8 Å². The van der Waals surface area contributed by atoms with Gasteiger partial charge in [0.1, 0.15) is 5.82 Å². The molecule has 134 valence electrons. The number of ketones is 1. The van der Waals surface area contributed by atoms with Gasteiger partial charge in [0, 0.05) is 29.3 Å². The Morgan fingerprint density at radius 3 is 2.42 bits per heavy atom. The van der Waals surface area contributed by atoms with Gasteiger partial charge in [-0.05, 0) is 36.4 Å². The summed E-state index contributed by atoms with van der Waals surface area (Å²) in [4.78, 5) is 35.0. The van der Waals surface area contributed by atoms with Crippen molar-refractivity contribution in [1.82, 2.24) is 0 Å². The Balaban J connectivity index is 1.87. The predicted molar refractivity (Wildman–Crippen MR) is 96.1 cm³/mol. The van der Waals surface area contributed by atoms with Crippen molar-refractivity contribution < 1.29 is 23.5 Å². The van der Waals surface area contributed by atoms with Crippen molar-refractivity contribution in [2.45, 2.75) is 13.3 Å². The summed E-state index contributed by atoms with van der Waals surface area (Å²) in [6.07, 6.45) is 2.71. The van der Waals surface area contributed by atoms with Gasteiger partial charge in [0.05, 0.1) is 0 Å². The minimum absolute atomic E-state index is 0.125. The molecule has 0 aliphatic rings. The van der Waals surface area contributed by atoms with Gasteiger partial charge in [-0.15, -0.1) is 0 Å². The van der Waals surface area contributed by atoms with Gasteiger partial charge in [-0.1, -0.05) is 25.1 Å². The number of carbonyl (C=O) groups is 3. The molecule has 0 aromatic heterocycles. The van der Waals surface area contributed by atoms with E-state index in [1.165, 1.54) is 30.3 Å². The normalized spacial score (nSPS) is 10.5. The van der Waals surface area contributed by atoms with E-state index in [0.29, 0.717) is 17.7 Å². The van der Waals surface area contributed by atoms with Gasteiger partial charge in [-0.25, -0.2) is 9.18 Å². The first-order valence-corrected chi connectivity index (χ1v) is 8.02. The van der Waals surface area contributed by atoms with Gasteiger partial charge in [0.25, 0.3) is 0 Å². The minimum atomic E-state index is -0.742. The van der Waals surface area contributed by atoms with Crippen molar-refractivity contribution in [2.75, 3.05) is 11.9 Å². The Labute approximate surface area is 150 Å². The predicted octanol–water partition coefficient (Wildman–Crippen LogP) is 3.61. The van der Waals surface area contributed by atoms with Crippen LogP contribution in [0.2, 0.25) is 0 Å². The van der Waals surface area contributed by atoms with E-state index < -0.39 is 18.4 Å². The molecule has 0 radical (unpaired) electrons. The lowest BCUT2D eigenvalue weighted by Crippen LogP contribution is -2.13. The van der Waals surface area contributed by atoms with Crippen LogP contribution in [0.15, 0.2) is 54.6 Å². The fourth-order valence-electron chi connectivity index (χ4n) is 2.03. The molecule has 1 N–H and O–H groups in total. The molecule has 0 heterocycles. The molecular weight excluding hydrogens is 337 g/mol. The smallest absolute Gasteiger partial charge is 0.331 e. The maximum atomic E-state index is 13.4. The van der Waals surface area contributed by atoms with E-state index in [4.69, 9.17) is 4.74 Å². The number of rotatable bonds is 7. The number of esters is 1. The first-order valence-electron chi connectivity index (χ1n) is 8.02. The van der Waals surface area contributed by atoms with Crippen molar-refractivity contribution in [3.05, 3.63) is 71.6 Å². The van der Waals surface area contributed by atoms with Crippen molar-refractivity contribution in [2.24, 2.45) is 0 Å². The summed E-state index contributed by atoms with van der Waals surface area (Å²) in [6, 6.07) is 12.3. The van der Waals surface area contributed by atoms with E-state index >= 15 is 0 Å². The van der Waals surface area contributed by atoms with Crippen LogP contribution in [0.4, 0.5) is 10.1 Å². The van der Waals surface area contributed by atoms with Crippen LogP contribution in [0.5, 0.6) is 0 Å². The zero-order valence-corrected chi connectivity index (χ0v) is 14.2. The largest absolute Gasteiger partial charge is 0.454 e. The molecule has 0 unspecified atom stereocenters. The minimum Gasteiger partial charge on any atom is -0.454 e. The zero-order chi connectivity index (χ0) is 18.9. The maximum absolute atomic E-state index is 13.4. The van der Waals surface area contributed by atoms with Gasteiger partial charge < -0.3 is 10.1 Å². The molecule has 5 nitrogen and oxygen atoms in total. The highest BCUT2D eigenvalue weighted by atomic mass is 19.1. The molecule has 2 aromatic carbocycles. The van der Waals surface area contributed by atoms with Gasteiger partial charge in [0.15, 0.2) is 12.4 Å². The van der Waals surface area contributed by atoms with E-state index in [1.807, 2.05) is 0 Å². The lowest BCUT2D eigenvalue weighted by atomic mass is 10.1. The third kappa shape index (κ3) is 5.66. The number of hydrogen-bond acceptors (Lipinski definition) is 4. The quantitative estimate of drug-likeness (QED) is 0.468. The highest BCUT2D eigenvalue weighted by molar-refractivity contribution is 5.99. The van der Waals surface area contributed by atoms with Crippen LogP contribution in [-0.2, 0) is 14.3 Å². The molecule has 0 atom stereocenters. The summed E-state index contributed by atoms with van der Waals surface area (Å²) in [7, 11) is 0. The highest BCUT2D eigenvalue weighted by Gasteiger charge is 2.09. The number of anilines is 1. The zero-order valence-electron chi connectivity index (χ0n) is 14.2. The average Bonchev–Trinajstić information content (AvgIpc) is 2.66. The number of nitrogens with one attached hydrogen (secondary N) is 1. The standard InChI is InChI=1S/C20H18FNO4/c1-2-19(24)22-16-10-7-15(8-11-16)18(23)13-26-20(25)12-9-14-5-3-4-6-17(14)21/h3-12H,2,13H2,1H3,(H,22,24)/b12-9-. The van der Waals surface area contributed by atoms with Crippen LogP contribution in [0.25, 0.3) is 6.08 Å². The van der Waals surface area contributed by atoms with E-state index in [1.54, 1.807) is 31.2 Å². The first kappa shape index (κ1) is 19.1. The molecule has 0 fully saturated rings. The summed E-state index contributed by atoms with van der Waals surface area (Å²) in [5, 5.41) is 2.67. The Morgan fingerprint density at radius 2 is 1.77 bits per heavy atom. The molecule has 0 spiro atoms. The van der Waals surface area contributed by atoms with E-state index in [2.05, 4.69) is 5.32 Å². The fourth-order valence-corrected chi connectivity index (χ4v) is 2.03. The fraction of sp³-hybridized carbons (Fsp3) is 0.150. The SMILES string of the molecule is CCC(=O)Nc1ccc(C(=O)COC(=O)/C=C\c2ccccc2F)cc1. The van der Waals surface area contributed by atoms with Gasteiger partial charge in [-0.3, -0.25) is 9.59 Å². The van der Waals surface area contributed by atoms with Crippen LogP contribution >= 0.6 is 0 Å². The second-order valence-corrected chi connectivity index (χ2v) is 5.36. The van der Waals surface area contributed by atoms with Crippen LogP contribution in [-0.4, -0.2) is 24.3 Å². The summed E-state index contributed by atoms with van der Waals surface area (Å²) in [5.74, 6) is -1.71. The van der Waals surface area contributed by atoms with Crippen LogP contribution in [0, 0.1) is 5.82 Å². The molecule has 0 aliphatic heterocycles. The van der Waals surface area contributed by atoms with Gasteiger partial charge in [-0.2, -0.15) is 0 Å². The van der Waals surface area contributed by atoms with Crippen LogP contribution in [0.3, 0.4) is 0 Å². The van der Waals surface area contributed by atoms with E-state index in [-0.39, 0.29) is 17.3 Å². The second-order valence-electron chi connectivity index (χ2n) is 5.36. The Kier molecular flexibility index (Phi) is 6.79. The number of benzene rings is 2. The summed E-state index contributed by atoms with van der Waals surface area (Å²) in [6.45, 7) is 1.31. The Bertz CT molecular complexity index is 828. The molecule has 0 aliphatic carbocycles.